The van der Waals surface area contributed by atoms with Crippen molar-refractivity contribution in [2.24, 2.45) is 11.8 Å². The number of rotatable bonds is 4. The van der Waals surface area contributed by atoms with Crippen LogP contribution in [0.3, 0.4) is 0 Å². The molecule has 0 unspecified atom stereocenters. The molecule has 0 aromatic heterocycles. The van der Waals surface area contributed by atoms with E-state index < -0.39 is 0 Å². The van der Waals surface area contributed by atoms with E-state index in [4.69, 9.17) is 0 Å². The number of alkyl halides is 1. The Balaban J connectivity index is 2.12. The van der Waals surface area contributed by atoms with Crippen molar-refractivity contribution in [2.75, 3.05) is 18.0 Å². The first kappa shape index (κ1) is 15.3. The largest absolute Gasteiger partial charge is 0.372 e. The molecule has 0 bridgehead atoms. The first-order valence-electron chi connectivity index (χ1n) is 7.11. The molecule has 1 aromatic rings. The molecule has 1 aliphatic rings. The molecule has 0 amide bonds. The number of nitro groups is 1. The molecule has 0 atom stereocenters. The number of piperidine rings is 1. The summed E-state index contributed by atoms with van der Waals surface area (Å²) in [6.07, 6.45) is 2.41. The number of benzene rings is 1. The van der Waals surface area contributed by atoms with E-state index in [1.165, 1.54) is 12.8 Å². The monoisotopic (exact) mass is 340 g/mol. The molecular formula is C15H21BrN2O2. The number of nitro benzene ring substituents is 1. The van der Waals surface area contributed by atoms with Gasteiger partial charge in [-0.2, -0.15) is 0 Å². The van der Waals surface area contributed by atoms with E-state index in [0.717, 1.165) is 36.2 Å². The lowest BCUT2D eigenvalue weighted by molar-refractivity contribution is -0.385. The Bertz CT molecular complexity index is 483. The number of hydrogen-bond donors (Lipinski definition) is 0. The van der Waals surface area contributed by atoms with E-state index in [-0.39, 0.29) is 10.6 Å². The van der Waals surface area contributed by atoms with Crippen molar-refractivity contribution in [1.82, 2.24) is 0 Å². The van der Waals surface area contributed by atoms with Crippen molar-refractivity contribution in [3.05, 3.63) is 33.9 Å². The summed E-state index contributed by atoms with van der Waals surface area (Å²) in [4.78, 5) is 13.0. The van der Waals surface area contributed by atoms with Crippen LogP contribution in [0.25, 0.3) is 0 Å². The van der Waals surface area contributed by atoms with Gasteiger partial charge in [-0.3, -0.25) is 10.1 Å². The molecule has 0 aliphatic carbocycles. The van der Waals surface area contributed by atoms with Crippen LogP contribution < -0.4 is 4.90 Å². The Labute approximate surface area is 128 Å². The van der Waals surface area contributed by atoms with Crippen molar-refractivity contribution in [1.29, 1.82) is 0 Å². The van der Waals surface area contributed by atoms with Gasteiger partial charge in [-0.1, -0.05) is 29.8 Å². The minimum absolute atomic E-state index is 0.197. The average molecular weight is 341 g/mol. The molecule has 5 heteroatoms. The van der Waals surface area contributed by atoms with Gasteiger partial charge < -0.3 is 4.90 Å². The van der Waals surface area contributed by atoms with Gasteiger partial charge >= 0.3 is 0 Å². The van der Waals surface area contributed by atoms with Crippen LogP contribution in [0, 0.1) is 22.0 Å². The van der Waals surface area contributed by atoms with Crippen molar-refractivity contribution >= 4 is 27.3 Å². The predicted octanol–water partition coefficient (Wildman–Crippen LogP) is 4.36. The van der Waals surface area contributed by atoms with Crippen LogP contribution >= 0.6 is 15.9 Å². The lowest BCUT2D eigenvalue weighted by atomic mass is 9.86. The Morgan fingerprint density at radius 2 is 2.05 bits per heavy atom. The number of anilines is 1. The summed E-state index contributed by atoms with van der Waals surface area (Å²) in [5.41, 5.74) is 2.05. The summed E-state index contributed by atoms with van der Waals surface area (Å²) < 4.78 is 0. The van der Waals surface area contributed by atoms with Crippen LogP contribution in [-0.2, 0) is 5.33 Å². The molecule has 0 saturated carbocycles. The summed E-state index contributed by atoms with van der Waals surface area (Å²) in [5.74, 6) is 1.55. The zero-order valence-corrected chi connectivity index (χ0v) is 13.6. The Morgan fingerprint density at radius 3 is 2.55 bits per heavy atom. The van der Waals surface area contributed by atoms with Crippen LogP contribution in [-0.4, -0.2) is 18.0 Å². The highest BCUT2D eigenvalue weighted by atomic mass is 79.9. The molecule has 1 fully saturated rings. The summed E-state index contributed by atoms with van der Waals surface area (Å²) in [6.45, 7) is 6.66. The molecule has 1 heterocycles. The third-order valence-electron chi connectivity index (χ3n) is 4.25. The average Bonchev–Trinajstić information content (AvgIpc) is 2.46. The van der Waals surface area contributed by atoms with Gasteiger partial charge in [0.25, 0.3) is 5.69 Å². The van der Waals surface area contributed by atoms with Crippen LogP contribution in [0.2, 0.25) is 0 Å². The fraction of sp³-hybridized carbons (Fsp3) is 0.600. The maximum Gasteiger partial charge on any atom is 0.273 e. The third kappa shape index (κ3) is 3.32. The van der Waals surface area contributed by atoms with E-state index in [0.29, 0.717) is 5.33 Å². The second-order valence-corrected chi connectivity index (χ2v) is 6.33. The fourth-order valence-corrected chi connectivity index (χ4v) is 3.33. The smallest absolute Gasteiger partial charge is 0.273 e. The lowest BCUT2D eigenvalue weighted by Gasteiger charge is -2.35. The van der Waals surface area contributed by atoms with Crippen molar-refractivity contribution in [3.63, 3.8) is 0 Å². The van der Waals surface area contributed by atoms with Gasteiger partial charge in [0.15, 0.2) is 0 Å². The van der Waals surface area contributed by atoms with Crippen molar-refractivity contribution < 1.29 is 4.92 Å². The molecule has 2 rings (SSSR count). The van der Waals surface area contributed by atoms with Crippen LogP contribution in [0.1, 0.15) is 32.3 Å². The zero-order chi connectivity index (χ0) is 14.7. The van der Waals surface area contributed by atoms with E-state index in [2.05, 4.69) is 34.7 Å². The zero-order valence-electron chi connectivity index (χ0n) is 12.0. The second-order valence-electron chi connectivity index (χ2n) is 5.77. The molecule has 4 nitrogen and oxygen atoms in total. The molecular weight excluding hydrogens is 320 g/mol. The summed E-state index contributed by atoms with van der Waals surface area (Å²) >= 11 is 3.34. The number of halogens is 1. The lowest BCUT2D eigenvalue weighted by Crippen LogP contribution is -2.35. The van der Waals surface area contributed by atoms with E-state index in [9.17, 15) is 10.1 Å². The molecule has 1 saturated heterocycles. The quantitative estimate of drug-likeness (QED) is 0.464. The molecule has 1 aliphatic heterocycles. The van der Waals surface area contributed by atoms with Gasteiger partial charge in [0, 0.05) is 35.7 Å². The highest BCUT2D eigenvalue weighted by Crippen LogP contribution is 2.31. The highest BCUT2D eigenvalue weighted by molar-refractivity contribution is 9.08. The maximum atomic E-state index is 11.0. The Kier molecular flexibility index (Phi) is 5.02. The molecule has 110 valence electrons. The normalized spacial score (nSPS) is 16.7. The minimum atomic E-state index is -0.314. The molecule has 20 heavy (non-hydrogen) atoms. The van der Waals surface area contributed by atoms with E-state index in [1.807, 2.05) is 12.1 Å². The minimum Gasteiger partial charge on any atom is -0.372 e. The Hall–Kier alpha value is -1.10. The summed E-state index contributed by atoms with van der Waals surface area (Å²) in [6, 6.07) is 5.45. The number of nitrogens with zero attached hydrogens (tertiary/aromatic N) is 2. The van der Waals surface area contributed by atoms with Crippen molar-refractivity contribution in [2.45, 2.75) is 32.0 Å². The van der Waals surface area contributed by atoms with Gasteiger partial charge in [0.2, 0.25) is 0 Å². The van der Waals surface area contributed by atoms with E-state index in [1.54, 1.807) is 6.07 Å². The third-order valence-corrected chi connectivity index (χ3v) is 4.86. The fourth-order valence-electron chi connectivity index (χ4n) is 2.88. The van der Waals surface area contributed by atoms with Gasteiger partial charge in [-0.05, 0) is 36.8 Å². The first-order valence-corrected chi connectivity index (χ1v) is 8.23. The van der Waals surface area contributed by atoms with Crippen LogP contribution in [0.5, 0.6) is 0 Å². The van der Waals surface area contributed by atoms with Gasteiger partial charge in [0.1, 0.15) is 0 Å². The SMILES string of the molecule is CC(C)C1CCN(c2ccc([N+](=O)[O-])c(CBr)c2)CC1. The van der Waals surface area contributed by atoms with Gasteiger partial charge in [0.05, 0.1) is 4.92 Å². The van der Waals surface area contributed by atoms with Crippen molar-refractivity contribution in [3.8, 4) is 0 Å². The molecule has 1 aromatic carbocycles. The maximum absolute atomic E-state index is 11.0. The first-order chi connectivity index (χ1) is 9.52. The predicted molar refractivity (Wildman–Crippen MR) is 85.5 cm³/mol. The second kappa shape index (κ2) is 6.57. The Morgan fingerprint density at radius 1 is 1.40 bits per heavy atom. The standard InChI is InChI=1S/C15H21BrN2O2/c1-11(2)12-5-7-17(8-6-12)14-3-4-15(18(19)20)13(9-14)10-16/h3-4,9,11-12H,5-8,10H2,1-2H3. The molecule has 0 N–H and O–H groups in total. The number of hydrogen-bond acceptors (Lipinski definition) is 3. The van der Waals surface area contributed by atoms with Gasteiger partial charge in [-0.25, -0.2) is 0 Å². The van der Waals surface area contributed by atoms with Crippen LogP contribution in [0.15, 0.2) is 18.2 Å². The van der Waals surface area contributed by atoms with E-state index >= 15 is 0 Å². The topological polar surface area (TPSA) is 46.4 Å². The van der Waals surface area contributed by atoms with Gasteiger partial charge in [-0.15, -0.1) is 0 Å². The van der Waals surface area contributed by atoms with Crippen LogP contribution in [0.4, 0.5) is 11.4 Å². The molecule has 0 radical (unpaired) electrons. The summed E-state index contributed by atoms with van der Waals surface area (Å²) in [7, 11) is 0. The molecule has 0 spiro atoms. The highest BCUT2D eigenvalue weighted by Gasteiger charge is 2.23. The summed E-state index contributed by atoms with van der Waals surface area (Å²) in [5, 5.41) is 11.5.